The monoisotopic (exact) mass is 427 g/mol. The summed E-state index contributed by atoms with van der Waals surface area (Å²) < 4.78 is 27.4. The van der Waals surface area contributed by atoms with E-state index in [1.165, 1.54) is 32.5 Å². The molecule has 11 heteroatoms. The number of anilines is 1. The second kappa shape index (κ2) is 8.69. The van der Waals surface area contributed by atoms with Crippen LogP contribution in [0.4, 0.5) is 14.5 Å². The third kappa shape index (κ3) is 4.57. The number of benzene rings is 1. The molecule has 0 saturated heterocycles. The first-order valence-electron chi connectivity index (χ1n) is 7.41. The van der Waals surface area contributed by atoms with E-state index in [9.17, 15) is 14.0 Å². The molecule has 0 spiro atoms. The molecule has 0 aliphatic rings. The Hall–Kier alpha value is -1.16. The lowest BCUT2D eigenvalue weighted by molar-refractivity contribution is -0.159. The Balaban J connectivity index is 2.28. The smallest absolute Gasteiger partial charge is 0.284 e. The van der Waals surface area contributed by atoms with Crippen molar-refractivity contribution in [3.05, 3.63) is 49.9 Å². The zero-order valence-corrected chi connectivity index (χ0v) is 16.4. The molecule has 0 aliphatic heterocycles. The number of hydroxylamine groups is 1. The lowest BCUT2D eigenvalue weighted by Crippen LogP contribution is -2.45. The van der Waals surface area contributed by atoms with Crippen molar-refractivity contribution in [3.8, 4) is 0 Å². The number of hydrazine groups is 1. The molecule has 0 N–H and O–H groups in total. The van der Waals surface area contributed by atoms with Gasteiger partial charge in [0.25, 0.3) is 6.43 Å². The fraction of sp³-hybridized carbons (Fsp3) is 0.400. The molecule has 0 unspecified atom stereocenters. The number of halogens is 5. The van der Waals surface area contributed by atoms with Crippen LogP contribution in [0.2, 0.25) is 15.1 Å². The molecule has 1 heterocycles. The summed E-state index contributed by atoms with van der Waals surface area (Å²) >= 11 is 18.2. The van der Waals surface area contributed by atoms with E-state index in [2.05, 4.69) is 5.10 Å². The van der Waals surface area contributed by atoms with Crippen molar-refractivity contribution in [1.82, 2.24) is 15.0 Å². The van der Waals surface area contributed by atoms with Crippen molar-refractivity contribution in [1.29, 1.82) is 0 Å². The van der Waals surface area contributed by atoms with Crippen LogP contribution < -0.4 is 5.17 Å². The topological polar surface area (TPSA) is 56.6 Å². The largest absolute Gasteiger partial charge is 0.741 e. The van der Waals surface area contributed by atoms with Gasteiger partial charge < -0.3 is 10.4 Å². The molecule has 0 bridgehead atoms. The van der Waals surface area contributed by atoms with Gasteiger partial charge in [-0.25, -0.2) is 8.78 Å². The van der Waals surface area contributed by atoms with Gasteiger partial charge in [-0.05, 0) is 31.0 Å². The van der Waals surface area contributed by atoms with Gasteiger partial charge in [-0.15, -0.1) is 5.17 Å². The molecule has 144 valence electrons. The molecule has 0 aliphatic carbocycles. The molecular weight excluding hydrogens is 413 g/mol. The zero-order valence-electron chi connectivity index (χ0n) is 14.1. The Kier molecular flexibility index (Phi) is 7.06. The van der Waals surface area contributed by atoms with E-state index in [-0.39, 0.29) is 17.3 Å². The van der Waals surface area contributed by atoms with Gasteiger partial charge in [0, 0.05) is 28.3 Å². The second-order valence-electron chi connectivity index (χ2n) is 5.53. The van der Waals surface area contributed by atoms with Crippen molar-refractivity contribution in [2.24, 2.45) is 7.05 Å². The quantitative estimate of drug-likeness (QED) is 0.579. The Morgan fingerprint density at radius 3 is 2.35 bits per heavy atom. The highest BCUT2D eigenvalue weighted by Gasteiger charge is 2.25. The number of nitrogens with zero attached hydrogens (tertiary/aromatic N) is 4. The van der Waals surface area contributed by atoms with E-state index < -0.39 is 18.2 Å². The maximum Gasteiger partial charge on any atom is 0.284 e. The lowest BCUT2D eigenvalue weighted by atomic mass is 10.1. The van der Waals surface area contributed by atoms with E-state index in [0.717, 1.165) is 9.85 Å². The molecule has 0 saturated carbocycles. The summed E-state index contributed by atoms with van der Waals surface area (Å²) in [5.74, 6) is 0. The van der Waals surface area contributed by atoms with Crippen LogP contribution in [0, 0.1) is 5.21 Å². The minimum absolute atomic E-state index is 0.214. The number of aromatic nitrogens is 2. The maximum absolute atomic E-state index is 13.1. The van der Waals surface area contributed by atoms with Crippen LogP contribution in [0.5, 0.6) is 0 Å². The fourth-order valence-electron chi connectivity index (χ4n) is 2.48. The third-order valence-electron chi connectivity index (χ3n) is 3.60. The minimum atomic E-state index is -2.91. The van der Waals surface area contributed by atoms with Crippen LogP contribution in [-0.4, -0.2) is 28.1 Å². The summed E-state index contributed by atoms with van der Waals surface area (Å²) in [6.07, 6.45) is -1.50. The molecule has 1 aromatic heterocycles. The Morgan fingerprint density at radius 2 is 1.85 bits per heavy atom. The average molecular weight is 429 g/mol. The molecule has 1 aromatic carbocycles. The second-order valence-corrected chi connectivity index (χ2v) is 6.78. The molecule has 1 atom stereocenters. The van der Waals surface area contributed by atoms with Gasteiger partial charge in [-0.1, -0.05) is 34.8 Å². The van der Waals surface area contributed by atoms with E-state index in [1.807, 2.05) is 0 Å². The molecule has 0 radical (unpaired) electrons. The van der Waals surface area contributed by atoms with Crippen molar-refractivity contribution in [2.75, 3.05) is 12.3 Å². The predicted octanol–water partition coefficient (Wildman–Crippen LogP) is 5.03. The highest BCUT2D eigenvalue weighted by atomic mass is 35.5. The average Bonchev–Trinajstić information content (AvgIpc) is 2.93. The Labute approximate surface area is 164 Å². The molecule has 6 nitrogen and oxygen atoms in total. The van der Waals surface area contributed by atoms with Crippen LogP contribution in [0.15, 0.2) is 18.3 Å². The molecule has 2 rings (SSSR count). The maximum atomic E-state index is 13.1. The molecule has 26 heavy (non-hydrogen) atoms. The summed E-state index contributed by atoms with van der Waals surface area (Å²) in [6, 6.07) is 2.47. The number of hydrogen-bond acceptors (Lipinski definition) is 5. The van der Waals surface area contributed by atoms with Crippen molar-refractivity contribution >= 4 is 40.5 Å². The van der Waals surface area contributed by atoms with Gasteiger partial charge in [-0.2, -0.15) is 5.10 Å². The van der Waals surface area contributed by atoms with Crippen molar-refractivity contribution in [2.45, 2.75) is 25.8 Å². The highest BCUT2D eigenvalue weighted by molar-refractivity contribution is 6.39. The van der Waals surface area contributed by atoms with Crippen LogP contribution in [-0.2, 0) is 18.3 Å². The molecule has 0 amide bonds. The van der Waals surface area contributed by atoms with E-state index >= 15 is 0 Å². The van der Waals surface area contributed by atoms with E-state index in [1.54, 1.807) is 6.92 Å². The minimum Gasteiger partial charge on any atom is -0.741 e. The zero-order chi connectivity index (χ0) is 19.6. The normalized spacial score (nSPS) is 12.9. The summed E-state index contributed by atoms with van der Waals surface area (Å²) in [5.41, 5.74) is -0.398. The first-order valence-corrected chi connectivity index (χ1v) is 8.54. The van der Waals surface area contributed by atoms with E-state index in [0.29, 0.717) is 20.6 Å². The Bertz CT molecular complexity index is 752. The van der Waals surface area contributed by atoms with Crippen molar-refractivity contribution < 1.29 is 13.6 Å². The first kappa shape index (κ1) is 21.1. The molecular formula is C15H16Cl3F2N4O2-. The van der Waals surface area contributed by atoms with Crippen LogP contribution in [0.3, 0.4) is 0 Å². The van der Waals surface area contributed by atoms with Gasteiger partial charge in [0.15, 0.2) is 5.69 Å². The SMILES string of the molecule is CON([C@H](C)Cc1c(Cl)cc(Cl)cc1Cl)N([O-])c1cn(C)nc1C(F)F. The van der Waals surface area contributed by atoms with Crippen LogP contribution in [0.25, 0.3) is 0 Å². The summed E-state index contributed by atoms with van der Waals surface area (Å²) in [7, 11) is 2.70. The van der Waals surface area contributed by atoms with Gasteiger partial charge in [-0.3, -0.25) is 9.52 Å². The van der Waals surface area contributed by atoms with Crippen molar-refractivity contribution in [3.63, 3.8) is 0 Å². The summed E-state index contributed by atoms with van der Waals surface area (Å²) in [6.45, 7) is 1.66. The molecule has 0 fully saturated rings. The predicted molar refractivity (Wildman–Crippen MR) is 97.5 cm³/mol. The van der Waals surface area contributed by atoms with E-state index in [4.69, 9.17) is 39.6 Å². The number of hydrogen-bond donors (Lipinski definition) is 0. The van der Waals surface area contributed by atoms with Gasteiger partial charge in [0.2, 0.25) is 0 Å². The number of aryl methyl sites for hydroxylation is 1. The number of rotatable bonds is 7. The summed E-state index contributed by atoms with van der Waals surface area (Å²) in [4.78, 5) is 5.10. The number of alkyl halides is 2. The van der Waals surface area contributed by atoms with Gasteiger partial charge >= 0.3 is 0 Å². The third-order valence-corrected chi connectivity index (χ3v) is 4.49. The summed E-state index contributed by atoms with van der Waals surface area (Å²) in [5, 5.41) is 18.4. The molecule has 2 aromatic rings. The standard InChI is InChI=1S/C15H16Cl3F2N4O2/c1-8(4-10-11(17)5-9(16)6-12(10)18)24(26-3)23(25)13-7-22(2)21-14(13)15(19)20/h5-8,15H,4H2,1-3H3/q-1/t8-/m1/s1. The first-order chi connectivity index (χ1) is 12.1. The van der Waals surface area contributed by atoms with Gasteiger partial charge in [0.1, 0.15) is 0 Å². The fourth-order valence-corrected chi connectivity index (χ4v) is 3.45. The lowest BCUT2D eigenvalue weighted by Gasteiger charge is -2.42. The highest BCUT2D eigenvalue weighted by Crippen LogP contribution is 2.33. The Morgan fingerprint density at radius 1 is 1.27 bits per heavy atom. The van der Waals surface area contributed by atoms with Gasteiger partial charge in [0.05, 0.1) is 18.8 Å². The van der Waals surface area contributed by atoms with Crippen LogP contribution in [0.1, 0.15) is 24.6 Å². The van der Waals surface area contributed by atoms with Crippen LogP contribution >= 0.6 is 34.8 Å².